The van der Waals surface area contributed by atoms with Crippen molar-refractivity contribution in [2.24, 2.45) is 238 Å². The van der Waals surface area contributed by atoms with Crippen molar-refractivity contribution in [3.63, 3.8) is 0 Å². The maximum atomic E-state index is 13.4. The van der Waals surface area contributed by atoms with E-state index >= 15 is 0 Å². The standard InChI is InChI=1S/C31H52O3.C31H50O3.C31H52O3.C31H50O3/c2*1-19(2)20-11-16-31(26(32)33)18-17-29(6)21(25(20)31)9-10-23-28(5)14-13-24(34-8)27(3,4)22(28)12-15-30(23,29)7;2*1-19(2)20-11-16-31(26(33)34-8)18-17-29(6)21(25(20)31)9-10-23-28(5)14-13-24(32)27(3,4)22(28)12-15-30(23,29)7/h19-25H,9-18H2,1-8H3,(H,32,33);20-25H,1,9-18H2,2-8H3,(H,32,33);19-25,32H,9-18H2,1-8H3;20-25,32H,1,9-18H2,2-8H3/t4*20-,21+,22-,23+,24-,25+,28-,29+,30+,31-/m0000/s1. The van der Waals surface area contributed by atoms with Gasteiger partial charge in [-0.05, 0) is 488 Å². The molecule has 20 fully saturated rings. The highest BCUT2D eigenvalue weighted by molar-refractivity contribution is 5.79. The van der Waals surface area contributed by atoms with Crippen LogP contribution in [-0.4, -0.2) is 97.2 Å². The molecule has 0 unspecified atom stereocenters. The Hall–Kier alpha value is -2.80. The zero-order chi connectivity index (χ0) is 99.6. The van der Waals surface area contributed by atoms with Crippen LogP contribution in [0.4, 0.5) is 0 Å². The zero-order valence-electron chi connectivity index (χ0n) is 92.8. The van der Waals surface area contributed by atoms with Crippen LogP contribution in [0.25, 0.3) is 0 Å². The molecule has 12 heteroatoms. The van der Waals surface area contributed by atoms with E-state index in [2.05, 4.69) is 193 Å². The second kappa shape index (κ2) is 34.4. The first-order valence-corrected chi connectivity index (χ1v) is 57.5. The van der Waals surface area contributed by atoms with Gasteiger partial charge in [0.25, 0.3) is 0 Å². The number of carboxylic acid groups (broad SMARTS) is 2. The summed E-state index contributed by atoms with van der Waals surface area (Å²) in [6.45, 7) is 73.4. The van der Waals surface area contributed by atoms with Crippen molar-refractivity contribution in [2.75, 3.05) is 28.4 Å². The van der Waals surface area contributed by atoms with Gasteiger partial charge in [-0.1, -0.05) is 190 Å². The average molecular weight is 1890 g/mol. The van der Waals surface area contributed by atoms with E-state index in [0.717, 1.165) is 127 Å². The summed E-state index contributed by atoms with van der Waals surface area (Å²) in [6.07, 6.45) is 46.3. The van der Waals surface area contributed by atoms with Gasteiger partial charge in [0.05, 0.1) is 60.3 Å². The second-order valence-corrected chi connectivity index (χ2v) is 59.8. The van der Waals surface area contributed by atoms with Gasteiger partial charge in [0, 0.05) is 14.2 Å². The number of rotatable bonds is 10. The fourth-order valence-corrected chi connectivity index (χ4v) is 47.7. The molecule has 0 radical (unpaired) electrons. The van der Waals surface area contributed by atoms with E-state index < -0.39 is 22.8 Å². The van der Waals surface area contributed by atoms with Crippen LogP contribution in [0.3, 0.4) is 0 Å². The number of hydrogen-bond donors (Lipinski definition) is 4. The van der Waals surface area contributed by atoms with E-state index in [1.54, 1.807) is 14.2 Å². The number of hydrogen-bond acceptors (Lipinski definition) is 10. The molecule has 0 amide bonds. The number of carboxylic acids is 2. The highest BCUT2D eigenvalue weighted by atomic mass is 16.5. The van der Waals surface area contributed by atoms with Gasteiger partial charge in [-0.3, -0.25) is 19.2 Å². The molecule has 0 spiro atoms. The number of aliphatic hydroxyl groups excluding tert-OH is 2. The lowest BCUT2D eigenvalue weighted by molar-refractivity contribution is -0.251. The molecular formula is C124H204O12. The van der Waals surface area contributed by atoms with Gasteiger partial charge in [0.15, 0.2) is 0 Å². The van der Waals surface area contributed by atoms with Gasteiger partial charge in [-0.2, -0.15) is 0 Å². The molecule has 0 aliphatic heterocycles. The third-order valence-electron chi connectivity index (χ3n) is 55.3. The normalized spacial score (nSPS) is 53.8. The maximum absolute atomic E-state index is 13.4. The fraction of sp³-hybridized carbons (Fsp3) is 0.935. The lowest BCUT2D eigenvalue weighted by Crippen LogP contribution is -2.67. The summed E-state index contributed by atoms with van der Waals surface area (Å²) in [5.74, 6) is 11.6. The molecule has 0 aromatic rings. The molecule has 772 valence electrons. The Morgan fingerprint density at radius 1 is 0.272 bits per heavy atom. The van der Waals surface area contributed by atoms with Crippen molar-refractivity contribution < 1.29 is 58.6 Å². The predicted octanol–water partition coefficient (Wildman–Crippen LogP) is 30.0. The SMILES string of the molecule is C=C(C)[C@@H]1CC[C@]2(C(=O)O)CC[C@]3(C)[C@H](CC[C@@H]4[C@@]5(C)CC[C@H](OC)C(C)(C)[C@@H]5CC[C@]43C)[C@@H]12.C=C(C)[C@@H]1CC[C@]2(C(=O)OC)CC[C@]3(C)[C@H](CC[C@@H]4[C@@]5(C)CC[C@H](O)C(C)(C)[C@@H]5CC[C@]43C)[C@@H]12.COC(=O)[C@]12CC[C@@H](C(C)C)[C@@H]1[C@H]1CC[C@@H]3[C@@]4(C)CC[C@H](O)C(C)(C)[C@@H]4CC[C@@]3(C)[C@]1(C)CC2.CO[C@H]1CC[C@]2(C)[C@H]3CC[C@@H]4[C@H]5[C@H](C(C)C)CC[C@]5(C(=O)O)CC[C@@]4(C)[C@]3(C)CC[C@H]2C1(C)C. The van der Waals surface area contributed by atoms with Crippen molar-refractivity contribution in [1.82, 2.24) is 0 Å². The Bertz CT molecular complexity index is 4530. The summed E-state index contributed by atoms with van der Waals surface area (Å²) in [7, 11) is 7.03. The monoisotopic (exact) mass is 1890 g/mol. The van der Waals surface area contributed by atoms with Gasteiger partial charge in [-0.15, -0.1) is 0 Å². The fourth-order valence-electron chi connectivity index (χ4n) is 47.7. The van der Waals surface area contributed by atoms with E-state index in [1.807, 2.05) is 14.2 Å². The molecule has 0 bridgehead atoms. The Balaban J connectivity index is 0.000000126. The molecule has 0 aromatic carbocycles. The molecular weight excluding hydrogens is 1680 g/mol. The molecule has 40 atom stereocenters. The van der Waals surface area contributed by atoms with Crippen molar-refractivity contribution in [3.05, 3.63) is 24.3 Å². The van der Waals surface area contributed by atoms with E-state index in [0.29, 0.717) is 151 Å². The van der Waals surface area contributed by atoms with Crippen molar-refractivity contribution >= 4 is 23.9 Å². The molecule has 4 N–H and O–H groups in total. The molecule has 20 aliphatic carbocycles. The van der Waals surface area contributed by atoms with Crippen molar-refractivity contribution in [1.29, 1.82) is 0 Å². The van der Waals surface area contributed by atoms with Crippen LogP contribution in [-0.2, 0) is 38.1 Å². The maximum Gasteiger partial charge on any atom is 0.312 e. The van der Waals surface area contributed by atoms with Crippen molar-refractivity contribution in [3.8, 4) is 0 Å². The minimum Gasteiger partial charge on any atom is -0.481 e. The van der Waals surface area contributed by atoms with E-state index in [-0.39, 0.29) is 95.0 Å². The van der Waals surface area contributed by atoms with E-state index in [4.69, 9.17) is 18.9 Å². The summed E-state index contributed by atoms with van der Waals surface area (Å²) < 4.78 is 23.1. The lowest BCUT2D eigenvalue weighted by Gasteiger charge is -2.72. The number of fused-ring (bicyclic) bond motifs is 28. The summed E-state index contributed by atoms with van der Waals surface area (Å²) >= 11 is 0. The summed E-state index contributed by atoms with van der Waals surface area (Å²) in [6, 6.07) is 0. The smallest absolute Gasteiger partial charge is 0.312 e. The Morgan fingerprint density at radius 3 is 0.816 bits per heavy atom. The molecule has 20 rings (SSSR count). The number of allylic oxidation sites excluding steroid dienone is 2. The summed E-state index contributed by atoms with van der Waals surface area (Å²) in [5.41, 5.74) is 4.92. The number of carbonyl (C=O) groups is 4. The van der Waals surface area contributed by atoms with Crippen LogP contribution in [0.5, 0.6) is 0 Å². The quantitative estimate of drug-likeness (QED) is 0.120. The Kier molecular flexibility index (Phi) is 26.5. The minimum atomic E-state index is -0.522. The summed E-state index contributed by atoms with van der Waals surface area (Å²) in [4.78, 5) is 52.3. The number of methoxy groups -OCH3 is 4. The van der Waals surface area contributed by atoms with Crippen LogP contribution in [0.2, 0.25) is 0 Å². The van der Waals surface area contributed by atoms with Crippen LogP contribution in [0.15, 0.2) is 24.3 Å². The molecule has 0 heterocycles. The molecule has 136 heavy (non-hydrogen) atoms. The first kappa shape index (κ1) is 105. The van der Waals surface area contributed by atoms with Gasteiger partial charge < -0.3 is 39.4 Å². The molecule has 20 saturated carbocycles. The number of aliphatic hydroxyl groups is 2. The second-order valence-electron chi connectivity index (χ2n) is 59.8. The third kappa shape index (κ3) is 13.8. The first-order chi connectivity index (χ1) is 63.2. The third-order valence-corrected chi connectivity index (χ3v) is 55.3. The van der Waals surface area contributed by atoms with Crippen LogP contribution < -0.4 is 0 Å². The number of aliphatic carboxylic acids is 2. The topological polar surface area (TPSA) is 186 Å². The van der Waals surface area contributed by atoms with Crippen molar-refractivity contribution in [2.45, 2.75) is 461 Å². The predicted molar refractivity (Wildman–Crippen MR) is 549 cm³/mol. The number of esters is 2. The van der Waals surface area contributed by atoms with Crippen LogP contribution in [0.1, 0.15) is 437 Å². The highest BCUT2D eigenvalue weighted by Gasteiger charge is 2.79. The molecule has 12 nitrogen and oxygen atoms in total. The summed E-state index contributed by atoms with van der Waals surface area (Å²) in [5, 5.41) is 42.9. The molecule has 0 aromatic heterocycles. The number of ether oxygens (including phenoxy) is 4. The zero-order valence-corrected chi connectivity index (χ0v) is 92.8. The van der Waals surface area contributed by atoms with E-state index in [1.165, 1.54) is 159 Å². The van der Waals surface area contributed by atoms with Gasteiger partial charge >= 0.3 is 23.9 Å². The Morgan fingerprint density at radius 2 is 0.522 bits per heavy atom. The van der Waals surface area contributed by atoms with Gasteiger partial charge in [-0.25, -0.2) is 0 Å². The lowest BCUT2D eigenvalue weighted by atomic mass is 9.32. The molecule has 0 saturated heterocycles. The average Bonchev–Trinajstić information content (AvgIpc) is 1.37. The highest BCUT2D eigenvalue weighted by Crippen LogP contribution is 2.85. The Labute approximate surface area is 829 Å². The minimum absolute atomic E-state index is 0.00478. The van der Waals surface area contributed by atoms with E-state index in [9.17, 15) is 39.6 Å². The van der Waals surface area contributed by atoms with Gasteiger partial charge in [0.1, 0.15) is 0 Å². The number of carbonyl (C=O) groups excluding carboxylic acids is 2. The van der Waals surface area contributed by atoms with Crippen LogP contribution in [0, 0.1) is 238 Å². The van der Waals surface area contributed by atoms with Crippen LogP contribution >= 0.6 is 0 Å². The molecule has 20 aliphatic rings. The largest absolute Gasteiger partial charge is 0.481 e. The van der Waals surface area contributed by atoms with Gasteiger partial charge in [0.2, 0.25) is 0 Å². The first-order valence-electron chi connectivity index (χ1n) is 57.5.